The molecule has 6 nitrogen and oxygen atoms in total. The van der Waals surface area contributed by atoms with Crippen molar-refractivity contribution in [1.82, 2.24) is 10.3 Å². The van der Waals surface area contributed by atoms with E-state index < -0.39 is 23.6 Å². The minimum absolute atomic E-state index is 0.189. The van der Waals surface area contributed by atoms with Gasteiger partial charge in [0, 0.05) is 18.8 Å². The molecule has 112 valence electrons. The quantitative estimate of drug-likeness (QED) is 0.757. The average molecular weight is 297 g/mol. The van der Waals surface area contributed by atoms with Crippen molar-refractivity contribution >= 4 is 17.6 Å². The molecule has 0 saturated carbocycles. The van der Waals surface area contributed by atoms with E-state index in [0.717, 1.165) is 5.56 Å². The summed E-state index contributed by atoms with van der Waals surface area (Å²) in [5, 5.41) is 2.53. The number of rotatable bonds is 6. The van der Waals surface area contributed by atoms with Crippen LogP contribution in [0.2, 0.25) is 0 Å². The standard InChI is InChI=1S/C16H15N3O3/c17-15(21)14(20)13(9-11-5-2-1-3-6-11)19-16(22)12-7-4-8-18-10-12/h1-8,10,13H,9H2,(H2,17,21)(H,19,22). The zero-order valence-electron chi connectivity index (χ0n) is 11.7. The minimum Gasteiger partial charge on any atom is -0.363 e. The summed E-state index contributed by atoms with van der Waals surface area (Å²) in [7, 11) is 0. The van der Waals surface area contributed by atoms with Crippen LogP contribution in [0.15, 0.2) is 54.9 Å². The van der Waals surface area contributed by atoms with Crippen LogP contribution < -0.4 is 11.1 Å². The summed E-state index contributed by atoms with van der Waals surface area (Å²) in [6.45, 7) is 0. The van der Waals surface area contributed by atoms with E-state index in [1.54, 1.807) is 24.3 Å². The van der Waals surface area contributed by atoms with Crippen molar-refractivity contribution in [3.8, 4) is 0 Å². The van der Waals surface area contributed by atoms with Crippen LogP contribution in [0.4, 0.5) is 0 Å². The topological polar surface area (TPSA) is 102 Å². The van der Waals surface area contributed by atoms with E-state index in [0.29, 0.717) is 5.56 Å². The number of pyridine rings is 1. The van der Waals surface area contributed by atoms with Crippen molar-refractivity contribution < 1.29 is 14.4 Å². The zero-order chi connectivity index (χ0) is 15.9. The average Bonchev–Trinajstić information content (AvgIpc) is 2.55. The zero-order valence-corrected chi connectivity index (χ0v) is 11.7. The number of Topliss-reactive ketones (excluding diaryl/α,β-unsaturated/α-hetero) is 1. The van der Waals surface area contributed by atoms with Crippen molar-refractivity contribution in [2.45, 2.75) is 12.5 Å². The Balaban J connectivity index is 2.16. The first-order valence-corrected chi connectivity index (χ1v) is 6.66. The van der Waals surface area contributed by atoms with Crippen LogP contribution in [-0.4, -0.2) is 28.6 Å². The number of nitrogens with two attached hydrogens (primary N) is 1. The molecule has 22 heavy (non-hydrogen) atoms. The van der Waals surface area contributed by atoms with Crippen LogP contribution in [0.25, 0.3) is 0 Å². The van der Waals surface area contributed by atoms with Gasteiger partial charge in [-0.1, -0.05) is 30.3 Å². The maximum atomic E-state index is 12.1. The second-order valence-corrected chi connectivity index (χ2v) is 4.69. The van der Waals surface area contributed by atoms with E-state index in [4.69, 9.17) is 5.73 Å². The van der Waals surface area contributed by atoms with Crippen LogP contribution in [0, 0.1) is 0 Å². The lowest BCUT2D eigenvalue weighted by Gasteiger charge is -2.16. The fraction of sp³-hybridized carbons (Fsp3) is 0.125. The van der Waals surface area contributed by atoms with Crippen LogP contribution in [0.5, 0.6) is 0 Å². The Bertz CT molecular complexity index is 672. The number of ketones is 1. The fourth-order valence-electron chi connectivity index (χ4n) is 1.97. The summed E-state index contributed by atoms with van der Waals surface area (Å²) >= 11 is 0. The van der Waals surface area contributed by atoms with Gasteiger partial charge in [0.15, 0.2) is 0 Å². The predicted molar refractivity (Wildman–Crippen MR) is 79.8 cm³/mol. The van der Waals surface area contributed by atoms with Gasteiger partial charge in [0.2, 0.25) is 5.78 Å². The molecular weight excluding hydrogens is 282 g/mol. The van der Waals surface area contributed by atoms with Gasteiger partial charge in [-0.2, -0.15) is 0 Å². The largest absolute Gasteiger partial charge is 0.363 e. The van der Waals surface area contributed by atoms with E-state index >= 15 is 0 Å². The first-order valence-electron chi connectivity index (χ1n) is 6.66. The predicted octanol–water partition coefficient (Wildman–Crippen LogP) is 0.477. The Hall–Kier alpha value is -3.02. The summed E-state index contributed by atoms with van der Waals surface area (Å²) in [5.74, 6) is -2.39. The highest BCUT2D eigenvalue weighted by Gasteiger charge is 2.25. The molecular formula is C16H15N3O3. The Morgan fingerprint density at radius 3 is 2.41 bits per heavy atom. The molecule has 1 heterocycles. The van der Waals surface area contributed by atoms with Crippen molar-refractivity contribution in [3.63, 3.8) is 0 Å². The lowest BCUT2D eigenvalue weighted by molar-refractivity contribution is -0.137. The number of carbonyl (C=O) groups is 3. The summed E-state index contributed by atoms with van der Waals surface area (Å²) < 4.78 is 0. The number of aromatic nitrogens is 1. The molecule has 0 radical (unpaired) electrons. The van der Waals surface area contributed by atoms with Gasteiger partial charge < -0.3 is 11.1 Å². The Morgan fingerprint density at radius 1 is 1.09 bits per heavy atom. The smallest absolute Gasteiger partial charge is 0.287 e. The monoisotopic (exact) mass is 297 g/mol. The number of amides is 2. The molecule has 2 aromatic rings. The van der Waals surface area contributed by atoms with E-state index in [-0.39, 0.29) is 6.42 Å². The third kappa shape index (κ3) is 3.99. The highest BCUT2D eigenvalue weighted by molar-refractivity contribution is 6.38. The molecule has 0 spiro atoms. The lowest BCUT2D eigenvalue weighted by Crippen LogP contribution is -2.47. The Labute approximate surface area is 127 Å². The van der Waals surface area contributed by atoms with Gasteiger partial charge in [0.05, 0.1) is 5.56 Å². The maximum absolute atomic E-state index is 12.1. The number of hydrogen-bond acceptors (Lipinski definition) is 4. The fourth-order valence-corrected chi connectivity index (χ4v) is 1.97. The van der Waals surface area contributed by atoms with Crippen molar-refractivity contribution in [2.24, 2.45) is 5.73 Å². The highest BCUT2D eigenvalue weighted by Crippen LogP contribution is 2.06. The van der Waals surface area contributed by atoms with Gasteiger partial charge in [-0.3, -0.25) is 19.4 Å². The first kappa shape index (κ1) is 15.4. The van der Waals surface area contributed by atoms with Crippen LogP contribution in [-0.2, 0) is 16.0 Å². The third-order valence-electron chi connectivity index (χ3n) is 3.07. The highest BCUT2D eigenvalue weighted by atomic mass is 16.2. The molecule has 0 bridgehead atoms. The molecule has 0 saturated heterocycles. The van der Waals surface area contributed by atoms with E-state index in [1.807, 2.05) is 18.2 Å². The summed E-state index contributed by atoms with van der Waals surface area (Å²) in [4.78, 5) is 39.0. The van der Waals surface area contributed by atoms with E-state index in [2.05, 4.69) is 10.3 Å². The summed E-state index contributed by atoms with van der Waals surface area (Å²) in [6.07, 6.45) is 3.10. The first-order chi connectivity index (χ1) is 10.6. The molecule has 2 rings (SSSR count). The van der Waals surface area contributed by atoms with Crippen LogP contribution in [0.3, 0.4) is 0 Å². The second kappa shape index (κ2) is 7.12. The normalized spacial score (nSPS) is 11.5. The molecule has 6 heteroatoms. The second-order valence-electron chi connectivity index (χ2n) is 4.69. The molecule has 3 N–H and O–H groups in total. The van der Waals surface area contributed by atoms with Crippen LogP contribution >= 0.6 is 0 Å². The molecule has 2 amide bonds. The lowest BCUT2D eigenvalue weighted by atomic mass is 10.0. The molecule has 1 aromatic carbocycles. The van der Waals surface area contributed by atoms with E-state index in [9.17, 15) is 14.4 Å². The summed E-state index contributed by atoms with van der Waals surface area (Å²) in [6, 6.07) is 11.2. The van der Waals surface area contributed by atoms with E-state index in [1.165, 1.54) is 12.4 Å². The molecule has 1 unspecified atom stereocenters. The van der Waals surface area contributed by atoms with Gasteiger partial charge in [-0.05, 0) is 17.7 Å². The Kier molecular flexibility index (Phi) is 4.98. The van der Waals surface area contributed by atoms with Crippen molar-refractivity contribution in [2.75, 3.05) is 0 Å². The molecule has 0 aliphatic carbocycles. The Morgan fingerprint density at radius 2 is 1.82 bits per heavy atom. The molecule has 0 aliphatic rings. The number of nitrogens with one attached hydrogen (secondary N) is 1. The maximum Gasteiger partial charge on any atom is 0.287 e. The number of carbonyl (C=O) groups excluding carboxylic acids is 3. The van der Waals surface area contributed by atoms with Gasteiger partial charge in [0.1, 0.15) is 6.04 Å². The van der Waals surface area contributed by atoms with Crippen molar-refractivity contribution in [1.29, 1.82) is 0 Å². The number of hydrogen-bond donors (Lipinski definition) is 2. The van der Waals surface area contributed by atoms with Crippen LogP contribution in [0.1, 0.15) is 15.9 Å². The summed E-state index contributed by atoms with van der Waals surface area (Å²) in [5.41, 5.74) is 6.17. The minimum atomic E-state index is -1.08. The van der Waals surface area contributed by atoms with Gasteiger partial charge in [0.25, 0.3) is 11.8 Å². The molecule has 0 aliphatic heterocycles. The molecule has 0 fully saturated rings. The molecule has 1 aromatic heterocycles. The molecule has 1 atom stereocenters. The number of benzene rings is 1. The van der Waals surface area contributed by atoms with Gasteiger partial charge >= 0.3 is 0 Å². The SMILES string of the molecule is NC(=O)C(=O)C(Cc1ccccc1)NC(=O)c1cccnc1. The van der Waals surface area contributed by atoms with Crippen molar-refractivity contribution in [3.05, 3.63) is 66.0 Å². The van der Waals surface area contributed by atoms with Gasteiger partial charge in [-0.25, -0.2) is 0 Å². The van der Waals surface area contributed by atoms with Gasteiger partial charge in [-0.15, -0.1) is 0 Å². The number of primary amides is 1. The number of nitrogens with zero attached hydrogens (tertiary/aromatic N) is 1. The third-order valence-corrected chi connectivity index (χ3v) is 3.07.